The standard InChI is InChI=1S/C10H18N2O4S/c1-7(13)11-6-8(12(2)3)17-10(16)5-4-9(14)15/h8H,4-6H2,1-3H3,(H,11,13)(H,14,15). The van der Waals surface area contributed by atoms with Crippen molar-refractivity contribution in [2.45, 2.75) is 25.1 Å². The Hall–Kier alpha value is -1.08. The lowest BCUT2D eigenvalue weighted by Gasteiger charge is -2.22. The second-order valence-electron chi connectivity index (χ2n) is 3.74. The van der Waals surface area contributed by atoms with Crippen molar-refractivity contribution in [2.75, 3.05) is 20.6 Å². The molecule has 0 radical (unpaired) electrons. The Labute approximate surface area is 105 Å². The molecule has 17 heavy (non-hydrogen) atoms. The number of amides is 1. The Morgan fingerprint density at radius 2 is 1.88 bits per heavy atom. The van der Waals surface area contributed by atoms with Crippen LogP contribution in [0.4, 0.5) is 0 Å². The summed E-state index contributed by atoms with van der Waals surface area (Å²) in [6.45, 7) is 1.76. The van der Waals surface area contributed by atoms with Crippen molar-refractivity contribution in [2.24, 2.45) is 0 Å². The van der Waals surface area contributed by atoms with Gasteiger partial charge in [0, 0.05) is 19.9 Å². The molecule has 0 rings (SSSR count). The van der Waals surface area contributed by atoms with E-state index in [1.807, 2.05) is 0 Å². The van der Waals surface area contributed by atoms with Crippen LogP contribution in [0.1, 0.15) is 19.8 Å². The molecule has 0 bridgehead atoms. The molecule has 1 amide bonds. The number of hydrogen-bond donors (Lipinski definition) is 2. The van der Waals surface area contributed by atoms with Crippen LogP contribution >= 0.6 is 11.8 Å². The van der Waals surface area contributed by atoms with E-state index in [0.717, 1.165) is 11.8 Å². The third-order valence-corrected chi connectivity index (χ3v) is 3.24. The van der Waals surface area contributed by atoms with E-state index in [1.165, 1.54) is 6.92 Å². The van der Waals surface area contributed by atoms with E-state index in [2.05, 4.69) is 5.32 Å². The number of carboxylic acids is 1. The fourth-order valence-electron chi connectivity index (χ4n) is 0.980. The monoisotopic (exact) mass is 262 g/mol. The van der Waals surface area contributed by atoms with Crippen molar-refractivity contribution in [3.63, 3.8) is 0 Å². The van der Waals surface area contributed by atoms with Crippen LogP contribution in [-0.2, 0) is 14.4 Å². The zero-order valence-electron chi connectivity index (χ0n) is 10.2. The van der Waals surface area contributed by atoms with E-state index in [-0.39, 0.29) is 29.2 Å². The van der Waals surface area contributed by atoms with E-state index >= 15 is 0 Å². The molecule has 0 aliphatic heterocycles. The molecule has 0 aromatic heterocycles. The van der Waals surface area contributed by atoms with Crippen LogP contribution in [0.15, 0.2) is 0 Å². The molecule has 6 nitrogen and oxygen atoms in total. The summed E-state index contributed by atoms with van der Waals surface area (Å²) in [5, 5.41) is 10.7. The first kappa shape index (κ1) is 15.9. The summed E-state index contributed by atoms with van der Waals surface area (Å²) >= 11 is 1.05. The lowest BCUT2D eigenvalue weighted by Crippen LogP contribution is -2.38. The summed E-state index contributed by atoms with van der Waals surface area (Å²) in [5.74, 6) is -1.14. The molecular weight excluding hydrogens is 244 g/mol. The number of aliphatic carboxylic acids is 1. The molecule has 1 atom stereocenters. The van der Waals surface area contributed by atoms with Crippen LogP contribution in [0, 0.1) is 0 Å². The van der Waals surface area contributed by atoms with Crippen LogP contribution in [0.25, 0.3) is 0 Å². The molecule has 0 fully saturated rings. The summed E-state index contributed by atoms with van der Waals surface area (Å²) in [6, 6.07) is 0. The largest absolute Gasteiger partial charge is 0.481 e. The highest BCUT2D eigenvalue weighted by Gasteiger charge is 2.17. The van der Waals surface area contributed by atoms with Gasteiger partial charge < -0.3 is 10.4 Å². The molecule has 0 saturated carbocycles. The molecule has 0 saturated heterocycles. The predicted molar refractivity (Wildman–Crippen MR) is 65.6 cm³/mol. The number of carboxylic acid groups (broad SMARTS) is 1. The van der Waals surface area contributed by atoms with Crippen molar-refractivity contribution in [1.82, 2.24) is 10.2 Å². The quantitative estimate of drug-likeness (QED) is 0.634. The maximum Gasteiger partial charge on any atom is 0.303 e. The average molecular weight is 262 g/mol. The van der Waals surface area contributed by atoms with Gasteiger partial charge in [-0.25, -0.2) is 0 Å². The number of likely N-dealkylation sites (N-methyl/N-ethyl adjacent to an activating group) is 1. The maximum absolute atomic E-state index is 11.5. The molecule has 2 N–H and O–H groups in total. The SMILES string of the molecule is CC(=O)NCC(SC(=O)CCC(=O)O)N(C)C. The lowest BCUT2D eigenvalue weighted by atomic mass is 10.3. The van der Waals surface area contributed by atoms with Crippen LogP contribution in [0.5, 0.6) is 0 Å². The summed E-state index contributed by atoms with van der Waals surface area (Å²) in [4.78, 5) is 34.4. The summed E-state index contributed by atoms with van der Waals surface area (Å²) in [5.41, 5.74) is 0. The van der Waals surface area contributed by atoms with Crippen LogP contribution in [0.2, 0.25) is 0 Å². The van der Waals surface area contributed by atoms with Gasteiger partial charge in [0.05, 0.1) is 11.8 Å². The number of nitrogens with one attached hydrogen (secondary N) is 1. The lowest BCUT2D eigenvalue weighted by molar-refractivity contribution is -0.138. The average Bonchev–Trinajstić information content (AvgIpc) is 2.20. The third-order valence-electron chi connectivity index (χ3n) is 1.91. The van der Waals surface area contributed by atoms with E-state index in [4.69, 9.17) is 5.11 Å². The Kier molecular flexibility index (Phi) is 7.56. The van der Waals surface area contributed by atoms with Gasteiger partial charge in [-0.15, -0.1) is 0 Å². The Morgan fingerprint density at radius 1 is 1.29 bits per heavy atom. The van der Waals surface area contributed by atoms with Crippen molar-refractivity contribution < 1.29 is 19.5 Å². The van der Waals surface area contributed by atoms with Gasteiger partial charge in [-0.1, -0.05) is 11.8 Å². The number of hydrogen-bond acceptors (Lipinski definition) is 5. The molecule has 0 aromatic carbocycles. The molecule has 7 heteroatoms. The van der Waals surface area contributed by atoms with Crippen LogP contribution in [-0.4, -0.2) is 53.0 Å². The molecule has 98 valence electrons. The van der Waals surface area contributed by atoms with Gasteiger partial charge >= 0.3 is 5.97 Å². The van der Waals surface area contributed by atoms with Gasteiger partial charge in [-0.05, 0) is 14.1 Å². The van der Waals surface area contributed by atoms with E-state index in [0.29, 0.717) is 6.54 Å². The van der Waals surface area contributed by atoms with Gasteiger partial charge in [0.2, 0.25) is 5.91 Å². The maximum atomic E-state index is 11.5. The predicted octanol–water partition coefficient (Wildman–Crippen LogP) is 0.135. The van der Waals surface area contributed by atoms with E-state index in [1.54, 1.807) is 19.0 Å². The first-order chi connectivity index (χ1) is 7.82. The number of carbonyl (C=O) groups excluding carboxylic acids is 2. The summed E-state index contributed by atoms with van der Waals surface area (Å²) in [7, 11) is 3.59. The van der Waals surface area contributed by atoms with Gasteiger partial charge in [-0.3, -0.25) is 19.3 Å². The van der Waals surface area contributed by atoms with Gasteiger partial charge in [0.1, 0.15) is 0 Å². The first-order valence-electron chi connectivity index (χ1n) is 5.15. The minimum Gasteiger partial charge on any atom is -0.481 e. The number of carbonyl (C=O) groups is 3. The normalized spacial score (nSPS) is 12.2. The Morgan fingerprint density at radius 3 is 2.29 bits per heavy atom. The van der Waals surface area contributed by atoms with Crippen molar-refractivity contribution in [3.8, 4) is 0 Å². The molecule has 0 heterocycles. The minimum absolute atomic E-state index is 0.00438. The minimum atomic E-state index is -0.984. The van der Waals surface area contributed by atoms with Crippen molar-refractivity contribution in [1.29, 1.82) is 0 Å². The van der Waals surface area contributed by atoms with Gasteiger partial charge in [-0.2, -0.15) is 0 Å². The first-order valence-corrected chi connectivity index (χ1v) is 6.03. The Balaban J connectivity index is 4.10. The molecule has 0 aliphatic carbocycles. The zero-order chi connectivity index (χ0) is 13.4. The highest BCUT2D eigenvalue weighted by Crippen LogP contribution is 2.16. The number of rotatable bonds is 7. The highest BCUT2D eigenvalue weighted by atomic mass is 32.2. The zero-order valence-corrected chi connectivity index (χ0v) is 11.0. The smallest absolute Gasteiger partial charge is 0.303 e. The fourth-order valence-corrected chi connectivity index (χ4v) is 1.88. The Bertz CT molecular complexity index is 294. The van der Waals surface area contributed by atoms with Crippen molar-refractivity contribution >= 4 is 28.8 Å². The number of thioether (sulfide) groups is 1. The van der Waals surface area contributed by atoms with Gasteiger partial charge in [0.15, 0.2) is 5.12 Å². The van der Waals surface area contributed by atoms with Crippen LogP contribution < -0.4 is 5.32 Å². The van der Waals surface area contributed by atoms with Crippen molar-refractivity contribution in [3.05, 3.63) is 0 Å². The molecular formula is C10H18N2O4S. The molecule has 1 unspecified atom stereocenters. The van der Waals surface area contributed by atoms with E-state index < -0.39 is 5.97 Å². The number of nitrogens with zero attached hydrogens (tertiary/aromatic N) is 1. The second-order valence-corrected chi connectivity index (χ2v) is 4.97. The molecule has 0 aliphatic rings. The topological polar surface area (TPSA) is 86.7 Å². The van der Waals surface area contributed by atoms with Gasteiger partial charge in [0.25, 0.3) is 0 Å². The summed E-state index contributed by atoms with van der Waals surface area (Å²) in [6.07, 6.45) is -0.156. The summed E-state index contributed by atoms with van der Waals surface area (Å²) < 4.78 is 0. The molecule has 0 spiro atoms. The second kappa shape index (κ2) is 8.08. The van der Waals surface area contributed by atoms with Crippen LogP contribution in [0.3, 0.4) is 0 Å². The third kappa shape index (κ3) is 8.70. The fraction of sp³-hybridized carbons (Fsp3) is 0.700. The van der Waals surface area contributed by atoms with E-state index in [9.17, 15) is 14.4 Å². The highest BCUT2D eigenvalue weighted by molar-refractivity contribution is 8.14. The molecule has 0 aromatic rings.